The lowest BCUT2D eigenvalue weighted by Crippen LogP contribution is -2.11. The number of carbonyl (C=O) groups excluding carboxylic acids is 1. The quantitative estimate of drug-likeness (QED) is 0.903. The van der Waals surface area contributed by atoms with Gasteiger partial charge in [0.25, 0.3) is 5.91 Å². The highest BCUT2D eigenvalue weighted by Crippen LogP contribution is 2.32. The number of carbonyl (C=O) groups is 1. The Morgan fingerprint density at radius 3 is 2.88 bits per heavy atom. The minimum atomic E-state index is -0.474. The molecule has 0 fully saturated rings. The summed E-state index contributed by atoms with van der Waals surface area (Å²) in [4.78, 5) is 16.0. The van der Waals surface area contributed by atoms with Crippen molar-refractivity contribution in [1.82, 2.24) is 4.98 Å². The van der Waals surface area contributed by atoms with Gasteiger partial charge in [0.15, 0.2) is 0 Å². The van der Waals surface area contributed by atoms with Crippen molar-refractivity contribution >= 4 is 50.5 Å². The van der Waals surface area contributed by atoms with Crippen molar-refractivity contribution in [3.8, 4) is 0 Å². The molecule has 88 valence electrons. The van der Waals surface area contributed by atoms with Gasteiger partial charge in [0.1, 0.15) is 10.7 Å². The fourth-order valence-electron chi connectivity index (χ4n) is 1.16. The Bertz CT molecular complexity index is 538. The molecular formula is C10H5BrClFN2OS. The third kappa shape index (κ3) is 2.83. The first kappa shape index (κ1) is 12.5. The molecule has 0 atom stereocenters. The van der Waals surface area contributed by atoms with Crippen molar-refractivity contribution in [2.24, 2.45) is 0 Å². The van der Waals surface area contributed by atoms with Crippen LogP contribution in [0.4, 0.5) is 10.1 Å². The average molecular weight is 336 g/mol. The largest absolute Gasteiger partial charge is 0.319 e. The van der Waals surface area contributed by atoms with Crippen LogP contribution in [0.3, 0.4) is 0 Å². The van der Waals surface area contributed by atoms with Gasteiger partial charge in [-0.05, 0) is 28.1 Å². The first-order chi connectivity index (χ1) is 8.08. The highest BCUT2D eigenvalue weighted by atomic mass is 79.9. The SMILES string of the molecule is O=C(Nc1c(Cl)cc(F)cc1Br)c1cncs1. The first-order valence-corrected chi connectivity index (χ1v) is 6.47. The molecule has 0 aliphatic rings. The molecule has 1 amide bonds. The Morgan fingerprint density at radius 2 is 2.29 bits per heavy atom. The van der Waals surface area contributed by atoms with E-state index < -0.39 is 5.82 Å². The topological polar surface area (TPSA) is 42.0 Å². The molecule has 17 heavy (non-hydrogen) atoms. The fraction of sp³-hybridized carbons (Fsp3) is 0. The Kier molecular flexibility index (Phi) is 3.76. The number of thiazole rings is 1. The molecule has 0 saturated carbocycles. The number of rotatable bonds is 2. The third-order valence-electron chi connectivity index (χ3n) is 1.90. The van der Waals surface area contributed by atoms with Crippen LogP contribution in [0, 0.1) is 5.82 Å². The Hall–Kier alpha value is -0.980. The van der Waals surface area contributed by atoms with E-state index >= 15 is 0 Å². The third-order valence-corrected chi connectivity index (χ3v) is 3.60. The highest BCUT2D eigenvalue weighted by Gasteiger charge is 2.13. The number of anilines is 1. The number of aromatic nitrogens is 1. The van der Waals surface area contributed by atoms with Gasteiger partial charge in [0.05, 0.1) is 22.4 Å². The molecule has 1 aromatic heterocycles. The van der Waals surface area contributed by atoms with Gasteiger partial charge in [0, 0.05) is 4.47 Å². The second kappa shape index (κ2) is 5.12. The molecule has 1 aromatic carbocycles. The zero-order valence-corrected chi connectivity index (χ0v) is 11.4. The normalized spacial score (nSPS) is 10.3. The Balaban J connectivity index is 2.28. The number of benzene rings is 1. The number of hydrogen-bond donors (Lipinski definition) is 1. The van der Waals surface area contributed by atoms with Crippen molar-refractivity contribution in [3.05, 3.63) is 44.0 Å². The van der Waals surface area contributed by atoms with E-state index in [9.17, 15) is 9.18 Å². The van der Waals surface area contributed by atoms with Crippen LogP contribution in [0.15, 0.2) is 28.3 Å². The molecule has 2 aromatic rings. The second-order valence-corrected chi connectivity index (χ2v) is 5.21. The van der Waals surface area contributed by atoms with Gasteiger partial charge in [-0.2, -0.15) is 0 Å². The van der Waals surface area contributed by atoms with E-state index in [1.807, 2.05) is 0 Å². The summed E-state index contributed by atoms with van der Waals surface area (Å²) in [6, 6.07) is 2.36. The predicted octanol–water partition coefficient (Wildman–Crippen LogP) is 3.95. The molecular weight excluding hydrogens is 331 g/mol. The van der Waals surface area contributed by atoms with E-state index in [0.29, 0.717) is 15.0 Å². The van der Waals surface area contributed by atoms with E-state index in [0.717, 1.165) is 6.07 Å². The molecule has 2 rings (SSSR count). The summed E-state index contributed by atoms with van der Waals surface area (Å²) >= 11 is 10.2. The molecule has 0 radical (unpaired) electrons. The summed E-state index contributed by atoms with van der Waals surface area (Å²) in [5.41, 5.74) is 1.89. The lowest BCUT2D eigenvalue weighted by atomic mass is 10.3. The summed E-state index contributed by atoms with van der Waals surface area (Å²) in [5.74, 6) is -0.806. The van der Waals surface area contributed by atoms with Crippen molar-refractivity contribution in [2.75, 3.05) is 5.32 Å². The van der Waals surface area contributed by atoms with Crippen molar-refractivity contribution in [3.63, 3.8) is 0 Å². The van der Waals surface area contributed by atoms with Crippen LogP contribution < -0.4 is 5.32 Å². The maximum absolute atomic E-state index is 13.0. The molecule has 0 unspecified atom stereocenters. The summed E-state index contributed by atoms with van der Waals surface area (Å²) in [6.45, 7) is 0. The Morgan fingerprint density at radius 1 is 1.53 bits per heavy atom. The smallest absolute Gasteiger partial charge is 0.267 e. The van der Waals surface area contributed by atoms with Gasteiger partial charge in [-0.3, -0.25) is 9.78 Å². The standard InChI is InChI=1S/C10H5BrClFN2OS/c11-6-1-5(13)2-7(12)9(6)15-10(16)8-3-14-4-17-8/h1-4H,(H,15,16). The monoisotopic (exact) mass is 334 g/mol. The fourth-order valence-corrected chi connectivity index (χ4v) is 2.58. The van der Waals surface area contributed by atoms with Crippen molar-refractivity contribution < 1.29 is 9.18 Å². The maximum Gasteiger partial charge on any atom is 0.267 e. The molecule has 0 bridgehead atoms. The van der Waals surface area contributed by atoms with Crippen LogP contribution in [0.2, 0.25) is 5.02 Å². The van der Waals surface area contributed by atoms with Gasteiger partial charge in [-0.1, -0.05) is 11.6 Å². The lowest BCUT2D eigenvalue weighted by Gasteiger charge is -2.08. The number of nitrogens with zero attached hydrogens (tertiary/aromatic N) is 1. The van der Waals surface area contributed by atoms with Crippen LogP contribution in [0.25, 0.3) is 0 Å². The van der Waals surface area contributed by atoms with Gasteiger partial charge in [-0.15, -0.1) is 11.3 Å². The van der Waals surface area contributed by atoms with E-state index in [1.165, 1.54) is 23.6 Å². The summed E-state index contributed by atoms with van der Waals surface area (Å²) < 4.78 is 13.4. The van der Waals surface area contributed by atoms with E-state index in [2.05, 4.69) is 26.2 Å². The summed E-state index contributed by atoms with van der Waals surface area (Å²) in [7, 11) is 0. The van der Waals surface area contributed by atoms with Gasteiger partial charge >= 0.3 is 0 Å². The molecule has 0 saturated heterocycles. The summed E-state index contributed by atoms with van der Waals surface area (Å²) in [5, 5.41) is 2.73. The number of amides is 1. The molecule has 0 spiro atoms. The molecule has 7 heteroatoms. The highest BCUT2D eigenvalue weighted by molar-refractivity contribution is 9.10. The van der Waals surface area contributed by atoms with Crippen molar-refractivity contribution in [1.29, 1.82) is 0 Å². The van der Waals surface area contributed by atoms with Crippen LogP contribution >= 0.6 is 38.9 Å². The van der Waals surface area contributed by atoms with Crippen LogP contribution in [0.1, 0.15) is 9.67 Å². The van der Waals surface area contributed by atoms with E-state index in [-0.39, 0.29) is 10.9 Å². The zero-order valence-electron chi connectivity index (χ0n) is 8.21. The Labute approximate surface area is 114 Å². The van der Waals surface area contributed by atoms with Crippen LogP contribution in [-0.4, -0.2) is 10.9 Å². The molecule has 0 aliphatic carbocycles. The summed E-state index contributed by atoms with van der Waals surface area (Å²) in [6.07, 6.45) is 1.45. The predicted molar refractivity (Wildman–Crippen MR) is 69.2 cm³/mol. The van der Waals surface area contributed by atoms with E-state index in [4.69, 9.17) is 11.6 Å². The van der Waals surface area contributed by atoms with Crippen LogP contribution in [0.5, 0.6) is 0 Å². The zero-order chi connectivity index (χ0) is 12.4. The first-order valence-electron chi connectivity index (χ1n) is 4.42. The molecule has 0 aliphatic heterocycles. The number of nitrogens with one attached hydrogen (secondary N) is 1. The molecule has 1 heterocycles. The number of hydrogen-bond acceptors (Lipinski definition) is 3. The minimum Gasteiger partial charge on any atom is -0.319 e. The van der Waals surface area contributed by atoms with Crippen molar-refractivity contribution in [2.45, 2.75) is 0 Å². The van der Waals surface area contributed by atoms with Crippen LogP contribution in [-0.2, 0) is 0 Å². The average Bonchev–Trinajstić information content (AvgIpc) is 2.76. The van der Waals surface area contributed by atoms with Gasteiger partial charge in [0.2, 0.25) is 0 Å². The molecule has 1 N–H and O–H groups in total. The van der Waals surface area contributed by atoms with Gasteiger partial charge < -0.3 is 5.32 Å². The minimum absolute atomic E-state index is 0.134. The maximum atomic E-state index is 13.0. The number of halogens is 3. The lowest BCUT2D eigenvalue weighted by molar-refractivity contribution is 0.103. The van der Waals surface area contributed by atoms with E-state index in [1.54, 1.807) is 5.51 Å². The van der Waals surface area contributed by atoms with Gasteiger partial charge in [-0.25, -0.2) is 4.39 Å². The molecule has 3 nitrogen and oxygen atoms in total. The second-order valence-electron chi connectivity index (χ2n) is 3.06.